The molecule has 0 bridgehead atoms. The Kier molecular flexibility index (Phi) is 10.6. The fraction of sp³-hybridized carbons (Fsp3) is 0.455. The lowest BCUT2D eigenvalue weighted by molar-refractivity contribution is 0.203. The zero-order valence-electron chi connectivity index (χ0n) is 23.9. The highest BCUT2D eigenvalue weighted by Gasteiger charge is 2.36. The Bertz CT molecular complexity index is 1150. The molecule has 200 valence electrons. The van der Waals surface area contributed by atoms with Gasteiger partial charge in [0.15, 0.2) is 8.32 Å². The Morgan fingerprint density at radius 3 is 2.08 bits per heavy atom. The van der Waals surface area contributed by atoms with E-state index >= 15 is 0 Å². The predicted molar refractivity (Wildman–Crippen MR) is 166 cm³/mol. The molecule has 0 spiro atoms. The van der Waals surface area contributed by atoms with Crippen LogP contribution >= 0.6 is 15.9 Å². The Labute approximate surface area is 235 Å². The molecule has 0 radical (unpaired) electrons. The molecule has 0 aromatic heterocycles. The molecule has 0 unspecified atom stereocenters. The van der Waals surface area contributed by atoms with Gasteiger partial charge in [0.05, 0.1) is 11.1 Å². The van der Waals surface area contributed by atoms with E-state index in [0.717, 1.165) is 16.6 Å². The zero-order valence-corrected chi connectivity index (χ0v) is 26.5. The number of hydrogen-bond acceptors (Lipinski definition) is 2. The Balaban J connectivity index is 1.68. The topological polar surface area (TPSA) is 18.5 Å². The predicted octanol–water partition coefficient (Wildman–Crippen LogP) is 10.5. The van der Waals surface area contributed by atoms with Gasteiger partial charge in [-0.2, -0.15) is 0 Å². The molecule has 0 N–H and O–H groups in total. The highest BCUT2D eigenvalue weighted by molar-refractivity contribution is 9.10. The maximum absolute atomic E-state index is 6.25. The van der Waals surface area contributed by atoms with Crippen molar-refractivity contribution in [1.29, 1.82) is 0 Å². The number of benzene rings is 3. The van der Waals surface area contributed by atoms with Gasteiger partial charge in [0.25, 0.3) is 0 Å². The van der Waals surface area contributed by atoms with Crippen LogP contribution in [0.15, 0.2) is 65.1 Å². The van der Waals surface area contributed by atoms with Crippen molar-refractivity contribution < 1.29 is 9.16 Å². The smallest absolute Gasteiger partial charge is 0.192 e. The molecule has 2 nitrogen and oxygen atoms in total. The largest absolute Gasteiger partial charge is 0.490 e. The first-order valence-electron chi connectivity index (χ1n) is 13.8. The molecule has 0 aliphatic rings. The minimum Gasteiger partial charge on any atom is -0.490 e. The summed E-state index contributed by atoms with van der Waals surface area (Å²) in [7, 11) is -1.75. The summed E-state index contributed by atoms with van der Waals surface area (Å²) in [5.41, 5.74) is 7.82. The van der Waals surface area contributed by atoms with Crippen LogP contribution in [0.3, 0.4) is 0 Å². The Morgan fingerprint density at radius 1 is 0.784 bits per heavy atom. The van der Waals surface area contributed by atoms with E-state index in [1.807, 2.05) is 0 Å². The number of rotatable bonds is 12. The SMILES string of the molecule is CCCCCc1ccc(-c2ccc(-c3ccc(OCCO[Si](C)(C)C(C)(C)C)c(Br)c3)c(CC)c2)cc1. The van der Waals surface area contributed by atoms with Crippen molar-refractivity contribution in [3.63, 3.8) is 0 Å². The van der Waals surface area contributed by atoms with Crippen molar-refractivity contribution in [3.05, 3.63) is 76.3 Å². The van der Waals surface area contributed by atoms with E-state index in [1.165, 1.54) is 59.1 Å². The second-order valence-electron chi connectivity index (χ2n) is 11.5. The summed E-state index contributed by atoms with van der Waals surface area (Å²) in [5, 5.41) is 0.208. The van der Waals surface area contributed by atoms with E-state index in [-0.39, 0.29) is 5.04 Å². The lowest BCUT2D eigenvalue weighted by atomic mass is 9.93. The lowest BCUT2D eigenvalue weighted by Crippen LogP contribution is -2.41. The minimum atomic E-state index is -1.75. The van der Waals surface area contributed by atoms with E-state index in [2.05, 4.69) is 124 Å². The van der Waals surface area contributed by atoms with Crippen LogP contribution in [0.2, 0.25) is 18.1 Å². The second-order valence-corrected chi connectivity index (χ2v) is 17.1. The highest BCUT2D eigenvalue weighted by Crippen LogP contribution is 2.37. The van der Waals surface area contributed by atoms with Gasteiger partial charge in [0.2, 0.25) is 0 Å². The monoisotopic (exact) mass is 580 g/mol. The molecule has 0 heterocycles. The molecule has 4 heteroatoms. The molecule has 0 aliphatic heterocycles. The van der Waals surface area contributed by atoms with Crippen LogP contribution < -0.4 is 4.74 Å². The van der Waals surface area contributed by atoms with Crippen molar-refractivity contribution >= 4 is 24.2 Å². The zero-order chi connectivity index (χ0) is 27.1. The summed E-state index contributed by atoms with van der Waals surface area (Å²) in [4.78, 5) is 0. The second kappa shape index (κ2) is 13.3. The molecule has 37 heavy (non-hydrogen) atoms. The third kappa shape index (κ3) is 8.05. The van der Waals surface area contributed by atoms with Crippen molar-refractivity contribution in [3.8, 4) is 28.0 Å². The van der Waals surface area contributed by atoms with Gasteiger partial charge < -0.3 is 9.16 Å². The molecule has 0 fully saturated rings. The minimum absolute atomic E-state index is 0.208. The van der Waals surface area contributed by atoms with Gasteiger partial charge in [0.1, 0.15) is 12.4 Å². The average molecular weight is 582 g/mol. The third-order valence-electron chi connectivity index (χ3n) is 7.70. The molecule has 0 atom stereocenters. The molecule has 0 amide bonds. The van der Waals surface area contributed by atoms with E-state index in [4.69, 9.17) is 9.16 Å². The van der Waals surface area contributed by atoms with Crippen LogP contribution in [0.5, 0.6) is 5.75 Å². The molecule has 0 aliphatic carbocycles. The van der Waals surface area contributed by atoms with Crippen LogP contribution in [0.25, 0.3) is 22.3 Å². The molecule has 3 rings (SSSR count). The molecular weight excluding hydrogens is 536 g/mol. The highest BCUT2D eigenvalue weighted by atomic mass is 79.9. The van der Waals surface area contributed by atoms with Crippen molar-refractivity contribution in [2.45, 2.75) is 84.9 Å². The Hall–Kier alpha value is -1.88. The first-order valence-corrected chi connectivity index (χ1v) is 17.5. The first-order chi connectivity index (χ1) is 17.6. The maximum Gasteiger partial charge on any atom is 0.192 e. The van der Waals surface area contributed by atoms with Crippen LogP contribution in [0.4, 0.5) is 0 Å². The summed E-state index contributed by atoms with van der Waals surface area (Å²) in [6.07, 6.45) is 6.00. The average Bonchev–Trinajstić information content (AvgIpc) is 2.87. The molecular formula is C33H45BrO2Si. The molecule has 0 saturated carbocycles. The normalized spacial score (nSPS) is 12.1. The lowest BCUT2D eigenvalue weighted by Gasteiger charge is -2.36. The van der Waals surface area contributed by atoms with E-state index in [0.29, 0.717) is 13.2 Å². The van der Waals surface area contributed by atoms with Crippen LogP contribution in [-0.2, 0) is 17.3 Å². The first kappa shape index (κ1) is 29.7. The van der Waals surface area contributed by atoms with Gasteiger partial charge in [0, 0.05) is 0 Å². The van der Waals surface area contributed by atoms with Crippen LogP contribution in [-0.4, -0.2) is 21.5 Å². The number of hydrogen-bond donors (Lipinski definition) is 0. The molecule has 3 aromatic carbocycles. The van der Waals surface area contributed by atoms with E-state index in [9.17, 15) is 0 Å². The van der Waals surface area contributed by atoms with Gasteiger partial charge >= 0.3 is 0 Å². The quantitative estimate of drug-likeness (QED) is 0.156. The summed E-state index contributed by atoms with van der Waals surface area (Å²) in [5.74, 6) is 0.858. The van der Waals surface area contributed by atoms with Crippen molar-refractivity contribution in [2.24, 2.45) is 0 Å². The van der Waals surface area contributed by atoms with E-state index in [1.54, 1.807) is 0 Å². The molecule has 3 aromatic rings. The summed E-state index contributed by atoms with van der Waals surface area (Å²) in [6.45, 7) is 17.0. The van der Waals surface area contributed by atoms with Gasteiger partial charge in [-0.1, -0.05) is 96.0 Å². The summed E-state index contributed by atoms with van der Waals surface area (Å²) < 4.78 is 13.3. The standard InChI is InChI=1S/C33H45BrO2Si/c1-8-10-11-12-25-13-15-27(16-14-25)28-17-19-30(26(9-2)23-28)29-18-20-32(31(34)24-29)35-21-22-36-37(6,7)33(3,4)5/h13-20,23-24H,8-12,21-22H2,1-7H3. The van der Waals surface area contributed by atoms with E-state index < -0.39 is 8.32 Å². The maximum atomic E-state index is 6.25. The van der Waals surface area contributed by atoms with Gasteiger partial charge in [-0.25, -0.2) is 0 Å². The molecule has 0 saturated heterocycles. The number of unbranched alkanes of at least 4 members (excludes halogenated alkanes) is 2. The van der Waals surface area contributed by atoms with Crippen molar-refractivity contribution in [1.82, 2.24) is 0 Å². The van der Waals surface area contributed by atoms with Crippen LogP contribution in [0, 0.1) is 0 Å². The Morgan fingerprint density at radius 2 is 1.46 bits per heavy atom. The summed E-state index contributed by atoms with van der Waals surface area (Å²) >= 11 is 3.74. The van der Waals surface area contributed by atoms with Gasteiger partial charge in [-0.05, 0) is 98.8 Å². The fourth-order valence-corrected chi connectivity index (χ4v) is 5.76. The number of halogens is 1. The van der Waals surface area contributed by atoms with Crippen LogP contribution in [0.1, 0.15) is 65.0 Å². The van der Waals surface area contributed by atoms with Gasteiger partial charge in [-0.15, -0.1) is 0 Å². The van der Waals surface area contributed by atoms with Gasteiger partial charge in [-0.3, -0.25) is 0 Å². The number of aryl methyl sites for hydroxylation is 2. The fourth-order valence-electron chi connectivity index (χ4n) is 4.24. The van der Waals surface area contributed by atoms with Crippen molar-refractivity contribution in [2.75, 3.05) is 13.2 Å². The summed E-state index contributed by atoms with van der Waals surface area (Å²) in [6, 6.07) is 22.4. The number of ether oxygens (including phenoxy) is 1. The third-order valence-corrected chi connectivity index (χ3v) is 12.9.